The van der Waals surface area contributed by atoms with Crippen molar-refractivity contribution in [1.82, 2.24) is 4.37 Å². The first-order valence-electron chi connectivity index (χ1n) is 2.33. The van der Waals surface area contributed by atoms with Crippen LogP contribution in [0.3, 0.4) is 0 Å². The zero-order valence-electron chi connectivity index (χ0n) is 4.83. The van der Waals surface area contributed by atoms with Crippen LogP contribution in [0, 0.1) is 0 Å². The molecule has 0 aliphatic carbocycles. The maximum Gasteiger partial charge on any atom is 0.253 e. The van der Waals surface area contributed by atoms with Crippen LogP contribution in [0.4, 0.5) is 0 Å². The van der Waals surface area contributed by atoms with Gasteiger partial charge in [0.25, 0.3) is 4.74 Å². The molecule has 0 aliphatic heterocycles. The normalized spacial score (nSPS) is 9.00. The number of aromatic nitrogens is 1. The zero-order valence-corrected chi connectivity index (χ0v) is 5.64. The molecule has 0 bridgehead atoms. The lowest BCUT2D eigenvalue weighted by molar-refractivity contribution is 0.413. The van der Waals surface area contributed by atoms with Gasteiger partial charge in [-0.25, -0.2) is 0 Å². The van der Waals surface area contributed by atoms with E-state index in [1.54, 1.807) is 0 Å². The summed E-state index contributed by atoms with van der Waals surface area (Å²) in [6, 6.07) is 1.40. The number of rotatable bonds is 1. The van der Waals surface area contributed by atoms with Crippen LogP contribution in [0.25, 0.3) is 0 Å². The largest absolute Gasteiger partial charge is 0.495 e. The number of hydrogen-bond donors (Lipinski definition) is 0. The number of methoxy groups -OCH3 is 1. The summed E-state index contributed by atoms with van der Waals surface area (Å²) in [5, 5.41) is 0. The molecule has 3 nitrogen and oxygen atoms in total. The van der Waals surface area contributed by atoms with E-state index in [2.05, 4.69) is 4.37 Å². The molecular weight excluding hydrogens is 138 g/mol. The van der Waals surface area contributed by atoms with Crippen molar-refractivity contribution < 1.29 is 4.74 Å². The van der Waals surface area contributed by atoms with Crippen molar-refractivity contribution in [3.8, 4) is 5.75 Å². The summed E-state index contributed by atoms with van der Waals surface area (Å²) in [5.41, 5.74) is 0. The second-order valence-corrected chi connectivity index (χ2v) is 2.19. The Labute approximate surface area is 56.1 Å². The summed E-state index contributed by atoms with van der Waals surface area (Å²) in [7, 11) is 1.50. The Kier molecular flexibility index (Phi) is 1.79. The fourth-order valence-corrected chi connectivity index (χ4v) is 0.851. The molecule has 0 atom stereocenters. The number of ether oxygens (including phenoxy) is 1. The molecule has 0 radical (unpaired) electrons. The van der Waals surface area contributed by atoms with Crippen LogP contribution in [0.15, 0.2) is 17.1 Å². The van der Waals surface area contributed by atoms with Crippen molar-refractivity contribution in [2.75, 3.05) is 7.11 Å². The summed E-state index contributed by atoms with van der Waals surface area (Å²) >= 11 is 0.911. The van der Waals surface area contributed by atoms with Crippen molar-refractivity contribution in [2.45, 2.75) is 0 Å². The molecule has 0 saturated heterocycles. The molecule has 48 valence electrons. The molecule has 0 unspecified atom stereocenters. The molecular formula is C5H5NO2S. The molecule has 1 rings (SSSR count). The maximum atomic E-state index is 10.5. The molecule has 1 heterocycles. The van der Waals surface area contributed by atoms with Gasteiger partial charge in [0.05, 0.1) is 13.3 Å². The molecule has 0 N–H and O–H groups in total. The summed E-state index contributed by atoms with van der Waals surface area (Å²) in [6.45, 7) is 0. The van der Waals surface area contributed by atoms with E-state index in [0.29, 0.717) is 5.75 Å². The van der Waals surface area contributed by atoms with Gasteiger partial charge in [0.2, 0.25) is 0 Å². The second-order valence-electron chi connectivity index (χ2n) is 1.40. The van der Waals surface area contributed by atoms with E-state index in [1.165, 1.54) is 19.4 Å². The molecule has 4 heteroatoms. The highest BCUT2D eigenvalue weighted by Gasteiger charge is 1.89. The van der Waals surface area contributed by atoms with Gasteiger partial charge in [-0.05, 0) is 0 Å². The van der Waals surface area contributed by atoms with Crippen LogP contribution in [0.1, 0.15) is 0 Å². The van der Waals surface area contributed by atoms with E-state index in [-0.39, 0.29) is 4.74 Å². The van der Waals surface area contributed by atoms with Gasteiger partial charge in [0.1, 0.15) is 5.75 Å². The van der Waals surface area contributed by atoms with Crippen LogP contribution >= 0.6 is 11.5 Å². The quantitative estimate of drug-likeness (QED) is 0.575. The van der Waals surface area contributed by atoms with Crippen molar-refractivity contribution in [3.63, 3.8) is 0 Å². The average Bonchev–Trinajstić information content (AvgIpc) is 1.88. The Hall–Kier alpha value is -0.900. The summed E-state index contributed by atoms with van der Waals surface area (Å²) in [4.78, 5) is 10.5. The zero-order chi connectivity index (χ0) is 6.69. The Morgan fingerprint density at radius 3 is 3.00 bits per heavy atom. The Balaban J connectivity index is 3.08. The molecule has 0 saturated carbocycles. The van der Waals surface area contributed by atoms with E-state index in [9.17, 15) is 4.79 Å². The van der Waals surface area contributed by atoms with Crippen LogP contribution in [0.2, 0.25) is 0 Å². The monoisotopic (exact) mass is 143 g/mol. The van der Waals surface area contributed by atoms with Gasteiger partial charge in [-0.2, -0.15) is 4.37 Å². The Morgan fingerprint density at radius 1 is 1.78 bits per heavy atom. The van der Waals surface area contributed by atoms with Crippen LogP contribution in [0.5, 0.6) is 5.75 Å². The van der Waals surface area contributed by atoms with E-state index in [1.807, 2.05) is 0 Å². The van der Waals surface area contributed by atoms with Gasteiger partial charge in [-0.15, -0.1) is 0 Å². The highest BCUT2D eigenvalue weighted by molar-refractivity contribution is 7.02. The minimum atomic E-state index is -0.0886. The first-order valence-corrected chi connectivity index (χ1v) is 3.10. The third kappa shape index (κ3) is 1.50. The van der Waals surface area contributed by atoms with Crippen molar-refractivity contribution >= 4 is 11.5 Å². The fourth-order valence-electron chi connectivity index (χ4n) is 0.422. The summed E-state index contributed by atoms with van der Waals surface area (Å²) < 4.78 is 8.31. The van der Waals surface area contributed by atoms with Crippen molar-refractivity contribution in [3.05, 3.63) is 21.8 Å². The molecule has 0 spiro atoms. The highest BCUT2D eigenvalue weighted by atomic mass is 32.1. The van der Waals surface area contributed by atoms with E-state index >= 15 is 0 Å². The first-order chi connectivity index (χ1) is 4.33. The van der Waals surface area contributed by atoms with Crippen LogP contribution < -0.4 is 9.48 Å². The lowest BCUT2D eigenvalue weighted by atomic mass is 10.6. The maximum absolute atomic E-state index is 10.5. The summed E-state index contributed by atoms with van der Waals surface area (Å²) in [5.74, 6) is 0.513. The predicted octanol–water partition coefficient (Wildman–Crippen LogP) is 0.512. The topological polar surface area (TPSA) is 39.2 Å². The van der Waals surface area contributed by atoms with Gasteiger partial charge in [-0.1, -0.05) is 0 Å². The fraction of sp³-hybridized carbons (Fsp3) is 0.200. The lowest BCUT2D eigenvalue weighted by Gasteiger charge is -1.92. The molecule has 0 fully saturated rings. The van der Waals surface area contributed by atoms with Gasteiger partial charge in [-0.3, -0.25) is 4.79 Å². The first kappa shape index (κ1) is 6.22. The van der Waals surface area contributed by atoms with Gasteiger partial charge < -0.3 is 4.74 Å². The standard InChI is InChI=1S/C5H5NO2S/c1-8-4-2-5(7)9-6-3-4/h2-3H,1H3. The van der Waals surface area contributed by atoms with Gasteiger partial charge in [0, 0.05) is 17.6 Å². The minimum absolute atomic E-state index is 0.0886. The third-order valence-corrected chi connectivity index (χ3v) is 1.33. The van der Waals surface area contributed by atoms with Crippen LogP contribution in [-0.4, -0.2) is 11.5 Å². The smallest absolute Gasteiger partial charge is 0.253 e. The van der Waals surface area contributed by atoms with E-state index in [4.69, 9.17) is 4.74 Å². The SMILES string of the molecule is COc1cnsc(=O)c1. The molecule has 0 amide bonds. The molecule has 0 aromatic carbocycles. The summed E-state index contributed by atoms with van der Waals surface area (Å²) in [6.07, 6.45) is 1.51. The van der Waals surface area contributed by atoms with Crippen molar-refractivity contribution in [1.29, 1.82) is 0 Å². The second kappa shape index (κ2) is 2.59. The van der Waals surface area contributed by atoms with E-state index in [0.717, 1.165) is 11.5 Å². The minimum Gasteiger partial charge on any atom is -0.495 e. The molecule has 1 aromatic rings. The average molecular weight is 143 g/mol. The van der Waals surface area contributed by atoms with Crippen LogP contribution in [-0.2, 0) is 0 Å². The number of nitrogens with zero attached hydrogens (tertiary/aromatic N) is 1. The molecule has 1 aromatic heterocycles. The Bertz CT molecular complexity index is 245. The highest BCUT2D eigenvalue weighted by Crippen LogP contribution is 2.01. The Morgan fingerprint density at radius 2 is 2.56 bits per heavy atom. The lowest BCUT2D eigenvalue weighted by Crippen LogP contribution is -1.93. The van der Waals surface area contributed by atoms with Gasteiger partial charge in [0.15, 0.2) is 0 Å². The van der Waals surface area contributed by atoms with Gasteiger partial charge >= 0.3 is 0 Å². The number of hydrogen-bond acceptors (Lipinski definition) is 4. The third-order valence-electron chi connectivity index (χ3n) is 0.818. The molecule has 9 heavy (non-hydrogen) atoms. The van der Waals surface area contributed by atoms with E-state index < -0.39 is 0 Å². The molecule has 0 aliphatic rings. The van der Waals surface area contributed by atoms with Crippen molar-refractivity contribution in [2.24, 2.45) is 0 Å². The predicted molar refractivity (Wildman–Crippen MR) is 34.9 cm³/mol.